The highest BCUT2D eigenvalue weighted by molar-refractivity contribution is 5.69. The van der Waals surface area contributed by atoms with Gasteiger partial charge in [-0.3, -0.25) is 4.79 Å². The molecule has 38 heavy (non-hydrogen) atoms. The summed E-state index contributed by atoms with van der Waals surface area (Å²) in [5, 5.41) is 10.9. The molecule has 4 rings (SSSR count). The Kier molecular flexibility index (Phi) is 8.14. The lowest BCUT2D eigenvalue weighted by atomic mass is 9.38. The molecule has 0 unspecified atom stereocenters. The summed E-state index contributed by atoms with van der Waals surface area (Å²) in [7, 11) is 1.89. The van der Waals surface area contributed by atoms with Gasteiger partial charge in [0.05, 0.1) is 12.2 Å². The highest BCUT2D eigenvalue weighted by atomic mass is 16.5. The highest BCUT2D eigenvalue weighted by Crippen LogP contribution is 2.75. The number of methoxy groups -OCH3 is 1. The maximum absolute atomic E-state index is 12.2. The van der Waals surface area contributed by atoms with E-state index in [1.165, 1.54) is 36.8 Å². The van der Waals surface area contributed by atoms with Crippen LogP contribution >= 0.6 is 0 Å². The van der Waals surface area contributed by atoms with Crippen molar-refractivity contribution in [2.24, 2.45) is 45.3 Å². The van der Waals surface area contributed by atoms with Gasteiger partial charge in [-0.25, -0.2) is 0 Å². The molecule has 4 aliphatic carbocycles. The molecule has 4 heteroatoms. The fourth-order valence-electron chi connectivity index (χ4n) is 10.2. The van der Waals surface area contributed by atoms with Crippen molar-refractivity contribution < 1.29 is 19.4 Å². The van der Waals surface area contributed by atoms with Crippen molar-refractivity contribution in [3.63, 3.8) is 0 Å². The van der Waals surface area contributed by atoms with Crippen molar-refractivity contribution in [2.75, 3.05) is 7.11 Å². The van der Waals surface area contributed by atoms with Gasteiger partial charge in [-0.2, -0.15) is 0 Å². The van der Waals surface area contributed by atoms with Crippen molar-refractivity contribution in [1.82, 2.24) is 0 Å². The van der Waals surface area contributed by atoms with Crippen LogP contribution in [0.4, 0.5) is 0 Å². The van der Waals surface area contributed by atoms with Gasteiger partial charge in [0.15, 0.2) is 0 Å². The van der Waals surface area contributed by atoms with E-state index in [1.807, 2.05) is 14.0 Å². The Bertz CT molecular complexity index is 960. The van der Waals surface area contributed by atoms with Gasteiger partial charge in [0.2, 0.25) is 0 Å². The van der Waals surface area contributed by atoms with Crippen LogP contribution in [0.2, 0.25) is 0 Å². The molecule has 0 aliphatic heterocycles. The molecular formula is C34H56O4. The number of hydrogen-bond donors (Lipinski definition) is 1. The van der Waals surface area contributed by atoms with Crippen LogP contribution in [0.15, 0.2) is 23.3 Å². The lowest BCUT2D eigenvalue weighted by Crippen LogP contribution is -2.63. The SMILES string of the molecule is CCC(=O)O[C@@H](C=C(C)C)C[C@@H](C)[C@H]1CC[C@@]2(C)[C@@H]3[C@@H](OC)C=C4[C@@H](CC[C@H](O)C4(C)C)[C@]3(C)CC[C@]12C. The zero-order valence-corrected chi connectivity index (χ0v) is 26.0. The predicted octanol–water partition coefficient (Wildman–Crippen LogP) is 7.89. The Morgan fingerprint density at radius 3 is 2.37 bits per heavy atom. The summed E-state index contributed by atoms with van der Waals surface area (Å²) in [5.41, 5.74) is 3.02. The number of carbonyl (C=O) groups excluding carboxylic acids is 1. The minimum absolute atomic E-state index is 0.0819. The Labute approximate surface area is 233 Å². The van der Waals surface area contributed by atoms with Crippen molar-refractivity contribution in [3.8, 4) is 0 Å². The number of esters is 1. The number of allylic oxidation sites excluding steroid dienone is 1. The van der Waals surface area contributed by atoms with Gasteiger partial charge in [0.1, 0.15) is 6.10 Å². The Morgan fingerprint density at radius 1 is 1.08 bits per heavy atom. The van der Waals surface area contributed by atoms with Crippen molar-refractivity contribution in [2.45, 2.75) is 132 Å². The molecule has 0 aromatic carbocycles. The van der Waals surface area contributed by atoms with Crippen LogP contribution < -0.4 is 0 Å². The van der Waals surface area contributed by atoms with E-state index >= 15 is 0 Å². The molecule has 0 saturated heterocycles. The fourth-order valence-corrected chi connectivity index (χ4v) is 10.2. The summed E-state index contributed by atoms with van der Waals surface area (Å²) in [6, 6.07) is 0. The van der Waals surface area contributed by atoms with E-state index in [4.69, 9.17) is 9.47 Å². The number of rotatable bonds is 7. The van der Waals surface area contributed by atoms with Gasteiger partial charge >= 0.3 is 5.97 Å². The summed E-state index contributed by atoms with van der Waals surface area (Å²) in [5.74, 6) is 1.94. The summed E-state index contributed by atoms with van der Waals surface area (Å²) in [6.07, 6.45) is 12.4. The van der Waals surface area contributed by atoms with E-state index in [0.717, 1.165) is 19.3 Å². The molecule has 0 aromatic heterocycles. The molecule has 0 spiro atoms. The maximum Gasteiger partial charge on any atom is 0.306 e. The molecule has 0 amide bonds. The third-order valence-corrected chi connectivity index (χ3v) is 12.5. The maximum atomic E-state index is 12.2. The lowest BCUT2D eigenvalue weighted by molar-refractivity contribution is -0.183. The third kappa shape index (κ3) is 4.54. The normalized spacial score (nSPS) is 43.1. The Morgan fingerprint density at radius 2 is 1.76 bits per heavy atom. The first-order valence-electron chi connectivity index (χ1n) is 15.4. The second-order valence-electron chi connectivity index (χ2n) is 15.0. The zero-order valence-electron chi connectivity index (χ0n) is 26.0. The van der Waals surface area contributed by atoms with E-state index in [0.29, 0.717) is 30.1 Å². The molecule has 4 aliphatic rings. The van der Waals surface area contributed by atoms with Crippen LogP contribution in [0.3, 0.4) is 0 Å². The molecule has 1 N–H and O–H groups in total. The molecule has 0 radical (unpaired) electrons. The van der Waals surface area contributed by atoms with Crippen molar-refractivity contribution in [1.29, 1.82) is 0 Å². The molecule has 0 aromatic rings. The Balaban J connectivity index is 1.67. The van der Waals surface area contributed by atoms with Crippen LogP contribution in [0, 0.1) is 45.3 Å². The van der Waals surface area contributed by atoms with E-state index in [9.17, 15) is 9.90 Å². The Hall–Kier alpha value is -1.13. The smallest absolute Gasteiger partial charge is 0.306 e. The van der Waals surface area contributed by atoms with Crippen LogP contribution in [-0.2, 0) is 14.3 Å². The summed E-state index contributed by atoms with van der Waals surface area (Å²) >= 11 is 0. The highest BCUT2D eigenvalue weighted by Gasteiger charge is 2.69. The molecule has 3 fully saturated rings. The standard InChI is InChI=1S/C34H56O4/c1-11-29(36)38-23(18-21(2)3)19-22(4)24-14-15-34(9)30-27(37-10)20-26-25(12-13-28(35)31(26,5)6)32(30,7)16-17-33(24,34)8/h18,20,22-25,27-28,30,35H,11-17,19H2,1-10H3/t22-,23+,24-,25-,27+,28+,30-,32+,33-,34+/m1/s1. The van der Waals surface area contributed by atoms with E-state index in [1.54, 1.807) is 0 Å². The van der Waals surface area contributed by atoms with Crippen LogP contribution in [0.1, 0.15) is 114 Å². The number of hydrogen-bond acceptors (Lipinski definition) is 4. The molecule has 216 valence electrons. The fraction of sp³-hybridized carbons (Fsp3) is 0.853. The number of ether oxygens (including phenoxy) is 2. The zero-order chi connectivity index (χ0) is 28.3. The van der Waals surface area contributed by atoms with E-state index in [-0.39, 0.29) is 45.9 Å². The largest absolute Gasteiger partial charge is 0.458 e. The topological polar surface area (TPSA) is 55.8 Å². The first kappa shape index (κ1) is 29.8. The average Bonchev–Trinajstić information content (AvgIpc) is 3.11. The average molecular weight is 529 g/mol. The van der Waals surface area contributed by atoms with Crippen LogP contribution in [-0.4, -0.2) is 36.5 Å². The minimum Gasteiger partial charge on any atom is -0.458 e. The van der Waals surface area contributed by atoms with Crippen LogP contribution in [0.25, 0.3) is 0 Å². The summed E-state index contributed by atoms with van der Waals surface area (Å²) < 4.78 is 12.3. The van der Waals surface area contributed by atoms with Gasteiger partial charge in [-0.15, -0.1) is 0 Å². The van der Waals surface area contributed by atoms with Gasteiger partial charge in [-0.1, -0.05) is 65.7 Å². The van der Waals surface area contributed by atoms with E-state index in [2.05, 4.69) is 67.5 Å². The molecular weight excluding hydrogens is 472 g/mol. The third-order valence-electron chi connectivity index (χ3n) is 12.5. The molecule has 10 atom stereocenters. The number of fused-ring (bicyclic) bond motifs is 5. The van der Waals surface area contributed by atoms with Gasteiger partial charge in [-0.05, 0) is 98.9 Å². The van der Waals surface area contributed by atoms with Crippen molar-refractivity contribution in [3.05, 3.63) is 23.3 Å². The number of carbonyl (C=O) groups is 1. The predicted molar refractivity (Wildman–Crippen MR) is 155 cm³/mol. The second kappa shape index (κ2) is 10.4. The molecule has 4 nitrogen and oxygen atoms in total. The first-order chi connectivity index (χ1) is 17.7. The molecule has 3 saturated carbocycles. The minimum atomic E-state index is -0.278. The van der Waals surface area contributed by atoms with E-state index < -0.39 is 0 Å². The quantitative estimate of drug-likeness (QED) is 0.270. The monoisotopic (exact) mass is 528 g/mol. The first-order valence-corrected chi connectivity index (χ1v) is 15.4. The summed E-state index contributed by atoms with van der Waals surface area (Å²) in [6.45, 7) is 20.7. The van der Waals surface area contributed by atoms with Crippen molar-refractivity contribution >= 4 is 5.97 Å². The summed E-state index contributed by atoms with van der Waals surface area (Å²) in [4.78, 5) is 12.2. The second-order valence-corrected chi connectivity index (χ2v) is 15.0. The molecule has 0 heterocycles. The van der Waals surface area contributed by atoms with Crippen LogP contribution in [0.5, 0.6) is 0 Å². The van der Waals surface area contributed by atoms with Gasteiger partial charge in [0.25, 0.3) is 0 Å². The molecule has 0 bridgehead atoms. The van der Waals surface area contributed by atoms with Gasteiger partial charge in [0, 0.05) is 24.9 Å². The number of aliphatic hydroxyl groups is 1. The van der Waals surface area contributed by atoms with Gasteiger partial charge < -0.3 is 14.6 Å². The lowest BCUT2D eigenvalue weighted by Gasteiger charge is -2.67. The number of aliphatic hydroxyl groups excluding tert-OH is 1.